The molecule has 0 spiro atoms. The van der Waals surface area contributed by atoms with E-state index >= 15 is 0 Å². The number of carboxylic acids is 1. The minimum Gasteiger partial charge on any atom is -0.481 e. The number of likely N-dealkylation sites (tertiary alicyclic amines) is 1. The fraction of sp³-hybridized carbons (Fsp3) is 0.571. The number of carbonyl (C=O) groups excluding carboxylic acids is 1. The van der Waals surface area contributed by atoms with Crippen LogP contribution in [-0.2, 0) is 11.3 Å². The Morgan fingerprint density at radius 3 is 3.00 bits per heavy atom. The van der Waals surface area contributed by atoms with Crippen LogP contribution in [0.4, 0.5) is 4.79 Å². The number of piperidine rings is 1. The van der Waals surface area contributed by atoms with Crippen LogP contribution < -0.4 is 5.32 Å². The Labute approximate surface area is 136 Å². The monoisotopic (exact) mass is 374 g/mol. The molecule has 2 N–H and O–H groups in total. The van der Waals surface area contributed by atoms with Gasteiger partial charge in [-0.3, -0.25) is 4.79 Å². The number of hydrogen-bond acceptors (Lipinski definition) is 3. The lowest BCUT2D eigenvalue weighted by Crippen LogP contribution is -2.45. The Balaban J connectivity index is 1.79. The molecule has 7 heteroatoms. The summed E-state index contributed by atoms with van der Waals surface area (Å²) in [7, 11) is 0. The molecule has 2 rings (SSSR count). The number of hydrogen-bond donors (Lipinski definition) is 2. The van der Waals surface area contributed by atoms with E-state index in [0.717, 1.165) is 28.7 Å². The second-order valence-electron chi connectivity index (χ2n) is 5.24. The molecule has 1 aromatic rings. The summed E-state index contributed by atoms with van der Waals surface area (Å²) in [5.41, 5.74) is 0. The number of urea groups is 1. The highest BCUT2D eigenvalue weighted by atomic mass is 79.9. The lowest BCUT2D eigenvalue weighted by molar-refractivity contribution is -0.137. The SMILES string of the molecule is O=C(O)CCC1CCCN(C(=O)NCc2sccc2Br)C1. The molecule has 1 aliphatic rings. The normalized spacial score (nSPS) is 18.5. The molecule has 1 atom stereocenters. The van der Waals surface area contributed by atoms with Gasteiger partial charge in [0.15, 0.2) is 0 Å². The standard InChI is InChI=1S/C14H19BrN2O3S/c15-11-5-7-21-12(11)8-16-14(20)17-6-1-2-10(9-17)3-4-13(18)19/h5,7,10H,1-4,6,8-9H2,(H,16,20)(H,18,19). The minimum absolute atomic E-state index is 0.0599. The first-order chi connectivity index (χ1) is 10.1. The molecule has 116 valence electrons. The Kier molecular flexibility index (Phi) is 6.05. The summed E-state index contributed by atoms with van der Waals surface area (Å²) >= 11 is 5.05. The van der Waals surface area contributed by atoms with E-state index in [-0.39, 0.29) is 12.5 Å². The van der Waals surface area contributed by atoms with Crippen molar-refractivity contribution >= 4 is 39.3 Å². The van der Waals surface area contributed by atoms with Gasteiger partial charge in [-0.2, -0.15) is 0 Å². The maximum Gasteiger partial charge on any atom is 0.317 e. The summed E-state index contributed by atoms with van der Waals surface area (Å²) in [5.74, 6) is -0.465. The van der Waals surface area contributed by atoms with E-state index in [1.165, 1.54) is 0 Å². The number of nitrogens with one attached hydrogen (secondary N) is 1. The highest BCUT2D eigenvalue weighted by Gasteiger charge is 2.24. The lowest BCUT2D eigenvalue weighted by atomic mass is 9.93. The summed E-state index contributed by atoms with van der Waals surface area (Å²) in [6.45, 7) is 1.93. The Hall–Kier alpha value is -1.08. The van der Waals surface area contributed by atoms with E-state index in [1.54, 1.807) is 16.2 Å². The van der Waals surface area contributed by atoms with Gasteiger partial charge in [0.05, 0.1) is 6.54 Å². The number of halogens is 1. The zero-order chi connectivity index (χ0) is 15.2. The maximum atomic E-state index is 12.2. The van der Waals surface area contributed by atoms with Crippen molar-refractivity contribution in [2.24, 2.45) is 5.92 Å². The zero-order valence-corrected chi connectivity index (χ0v) is 14.1. The summed E-state index contributed by atoms with van der Waals surface area (Å²) < 4.78 is 1.02. The number of rotatable bonds is 5. The van der Waals surface area contributed by atoms with Crippen molar-refractivity contribution < 1.29 is 14.7 Å². The van der Waals surface area contributed by atoms with Crippen molar-refractivity contribution in [3.63, 3.8) is 0 Å². The summed E-state index contributed by atoms with van der Waals surface area (Å²) in [6.07, 6.45) is 2.78. The second kappa shape index (κ2) is 7.79. The molecule has 1 saturated heterocycles. The molecule has 0 saturated carbocycles. The first-order valence-corrected chi connectivity index (χ1v) is 8.70. The molecule has 1 unspecified atom stereocenters. The number of aliphatic carboxylic acids is 1. The third-order valence-electron chi connectivity index (χ3n) is 3.66. The van der Waals surface area contributed by atoms with E-state index in [0.29, 0.717) is 25.4 Å². The third-order valence-corrected chi connectivity index (χ3v) is 5.59. The van der Waals surface area contributed by atoms with E-state index in [1.807, 2.05) is 11.4 Å². The molecule has 0 bridgehead atoms. The van der Waals surface area contributed by atoms with Gasteiger partial charge in [-0.1, -0.05) is 0 Å². The first kappa shape index (κ1) is 16.3. The largest absolute Gasteiger partial charge is 0.481 e. The van der Waals surface area contributed by atoms with E-state index in [2.05, 4.69) is 21.2 Å². The first-order valence-electron chi connectivity index (χ1n) is 7.02. The van der Waals surface area contributed by atoms with Gasteiger partial charge in [0, 0.05) is 28.9 Å². The molecule has 5 nitrogen and oxygen atoms in total. The van der Waals surface area contributed by atoms with Gasteiger partial charge >= 0.3 is 12.0 Å². The predicted octanol–water partition coefficient (Wildman–Crippen LogP) is 3.30. The van der Waals surface area contributed by atoms with Crippen molar-refractivity contribution in [2.75, 3.05) is 13.1 Å². The van der Waals surface area contributed by atoms with E-state index in [4.69, 9.17) is 5.11 Å². The van der Waals surface area contributed by atoms with Gasteiger partial charge in [-0.05, 0) is 52.6 Å². The molecule has 1 aromatic heterocycles. The number of thiophene rings is 1. The fourth-order valence-electron chi connectivity index (χ4n) is 2.53. The zero-order valence-electron chi connectivity index (χ0n) is 11.7. The van der Waals surface area contributed by atoms with Crippen molar-refractivity contribution in [1.29, 1.82) is 0 Å². The van der Waals surface area contributed by atoms with Crippen LogP contribution in [0.5, 0.6) is 0 Å². The Morgan fingerprint density at radius 1 is 1.52 bits per heavy atom. The van der Waals surface area contributed by atoms with Crippen LogP contribution in [0.25, 0.3) is 0 Å². The topological polar surface area (TPSA) is 69.6 Å². The van der Waals surface area contributed by atoms with Crippen molar-refractivity contribution in [3.05, 3.63) is 20.8 Å². The number of carbonyl (C=O) groups is 2. The van der Waals surface area contributed by atoms with Crippen molar-refractivity contribution in [3.8, 4) is 0 Å². The maximum absolute atomic E-state index is 12.2. The van der Waals surface area contributed by atoms with Crippen LogP contribution in [0.2, 0.25) is 0 Å². The fourth-order valence-corrected chi connectivity index (χ4v) is 3.96. The predicted molar refractivity (Wildman–Crippen MR) is 85.4 cm³/mol. The van der Waals surface area contributed by atoms with Gasteiger partial charge in [-0.15, -0.1) is 11.3 Å². The van der Waals surface area contributed by atoms with Crippen LogP contribution in [-0.4, -0.2) is 35.1 Å². The molecule has 1 fully saturated rings. The quantitative estimate of drug-likeness (QED) is 0.830. The Bertz CT molecular complexity index is 506. The van der Waals surface area contributed by atoms with Gasteiger partial charge in [-0.25, -0.2) is 4.79 Å². The average molecular weight is 375 g/mol. The smallest absolute Gasteiger partial charge is 0.317 e. The molecule has 2 amide bonds. The summed E-state index contributed by atoms with van der Waals surface area (Å²) in [5, 5.41) is 13.7. The molecular weight excluding hydrogens is 356 g/mol. The van der Waals surface area contributed by atoms with Crippen molar-refractivity contribution in [2.45, 2.75) is 32.2 Å². The van der Waals surface area contributed by atoms with Crippen LogP contribution in [0.15, 0.2) is 15.9 Å². The minimum atomic E-state index is -0.765. The number of amides is 2. The molecule has 0 aromatic carbocycles. The molecule has 21 heavy (non-hydrogen) atoms. The van der Waals surface area contributed by atoms with Crippen LogP contribution in [0, 0.1) is 5.92 Å². The highest BCUT2D eigenvalue weighted by Crippen LogP contribution is 2.23. The molecule has 2 heterocycles. The average Bonchev–Trinajstić information content (AvgIpc) is 2.88. The highest BCUT2D eigenvalue weighted by molar-refractivity contribution is 9.10. The van der Waals surface area contributed by atoms with E-state index in [9.17, 15) is 9.59 Å². The number of carboxylic acid groups (broad SMARTS) is 1. The molecule has 0 radical (unpaired) electrons. The van der Waals surface area contributed by atoms with E-state index < -0.39 is 5.97 Å². The lowest BCUT2D eigenvalue weighted by Gasteiger charge is -2.32. The van der Waals surface area contributed by atoms with Crippen molar-refractivity contribution in [1.82, 2.24) is 10.2 Å². The van der Waals surface area contributed by atoms with Crippen LogP contribution in [0.3, 0.4) is 0 Å². The molecule has 1 aliphatic heterocycles. The van der Waals surface area contributed by atoms with Crippen LogP contribution in [0.1, 0.15) is 30.6 Å². The molecular formula is C14H19BrN2O3S. The van der Waals surface area contributed by atoms with Gasteiger partial charge in [0.1, 0.15) is 0 Å². The third kappa shape index (κ3) is 5.00. The Morgan fingerprint density at radius 2 is 2.33 bits per heavy atom. The molecule has 0 aliphatic carbocycles. The van der Waals surface area contributed by atoms with Crippen LogP contribution >= 0.6 is 27.3 Å². The van der Waals surface area contributed by atoms with Gasteiger partial charge in [0.2, 0.25) is 0 Å². The summed E-state index contributed by atoms with van der Waals surface area (Å²) in [4.78, 5) is 25.7. The second-order valence-corrected chi connectivity index (χ2v) is 7.09. The van der Waals surface area contributed by atoms with Gasteiger partial charge in [0.25, 0.3) is 0 Å². The number of nitrogens with zero attached hydrogens (tertiary/aromatic N) is 1. The summed E-state index contributed by atoms with van der Waals surface area (Å²) in [6, 6.07) is 1.91. The van der Waals surface area contributed by atoms with Gasteiger partial charge < -0.3 is 15.3 Å².